The molecule has 0 amide bonds. The van der Waals surface area contributed by atoms with E-state index in [0.29, 0.717) is 6.54 Å². The average molecular weight is 223 g/mol. The van der Waals surface area contributed by atoms with Crippen LogP contribution in [-0.2, 0) is 13.0 Å². The Hall–Kier alpha value is -1.16. The van der Waals surface area contributed by atoms with Gasteiger partial charge in [-0.3, -0.25) is 9.36 Å². The quantitative estimate of drug-likeness (QED) is 0.835. The maximum Gasteiger partial charge on any atom is 0.253 e. The highest BCUT2D eigenvalue weighted by atomic mass is 16.1. The van der Waals surface area contributed by atoms with Gasteiger partial charge < -0.3 is 5.73 Å². The van der Waals surface area contributed by atoms with Crippen molar-refractivity contribution in [1.82, 2.24) is 9.55 Å². The van der Waals surface area contributed by atoms with Gasteiger partial charge in [-0.2, -0.15) is 0 Å². The summed E-state index contributed by atoms with van der Waals surface area (Å²) >= 11 is 0. The molecule has 90 valence electrons. The molecule has 1 heterocycles. The van der Waals surface area contributed by atoms with Crippen LogP contribution in [0.25, 0.3) is 0 Å². The Morgan fingerprint density at radius 3 is 2.56 bits per heavy atom. The molecule has 1 aromatic heterocycles. The standard InChI is InChI=1S/C12H21N3O/c1-5-6-10-7-11(16)15(9(2)14-10)8-12(3,4)13/h7H,5-6,8,13H2,1-4H3. The predicted octanol–water partition coefficient (Wildman–Crippen LogP) is 1.24. The summed E-state index contributed by atoms with van der Waals surface area (Å²) in [6.07, 6.45) is 1.85. The number of hydrogen-bond donors (Lipinski definition) is 1. The number of hydrogen-bond acceptors (Lipinski definition) is 3. The zero-order chi connectivity index (χ0) is 12.3. The molecule has 0 aliphatic rings. The van der Waals surface area contributed by atoms with Gasteiger partial charge in [0.2, 0.25) is 0 Å². The summed E-state index contributed by atoms with van der Waals surface area (Å²) in [4.78, 5) is 16.3. The molecule has 4 nitrogen and oxygen atoms in total. The van der Waals surface area contributed by atoms with Crippen molar-refractivity contribution in [3.63, 3.8) is 0 Å². The Kier molecular flexibility index (Phi) is 3.86. The summed E-state index contributed by atoms with van der Waals surface area (Å²) in [5, 5.41) is 0. The van der Waals surface area contributed by atoms with E-state index in [9.17, 15) is 4.79 Å². The first-order chi connectivity index (χ1) is 7.33. The molecule has 0 aliphatic heterocycles. The van der Waals surface area contributed by atoms with Gasteiger partial charge in [-0.25, -0.2) is 4.98 Å². The number of aryl methyl sites for hydroxylation is 2. The molecular formula is C12H21N3O. The van der Waals surface area contributed by atoms with E-state index >= 15 is 0 Å². The third-order valence-electron chi connectivity index (χ3n) is 2.32. The van der Waals surface area contributed by atoms with Crippen LogP contribution in [0.5, 0.6) is 0 Å². The van der Waals surface area contributed by atoms with E-state index in [1.54, 1.807) is 10.6 Å². The fourth-order valence-electron chi connectivity index (χ4n) is 1.66. The van der Waals surface area contributed by atoms with Crippen molar-refractivity contribution in [3.05, 3.63) is 27.9 Å². The van der Waals surface area contributed by atoms with Gasteiger partial charge in [-0.05, 0) is 27.2 Å². The minimum absolute atomic E-state index is 0.00512. The lowest BCUT2D eigenvalue weighted by Gasteiger charge is -2.21. The molecule has 16 heavy (non-hydrogen) atoms. The monoisotopic (exact) mass is 223 g/mol. The Labute approximate surface area is 96.5 Å². The second-order valence-corrected chi connectivity index (χ2v) is 4.96. The van der Waals surface area contributed by atoms with Crippen LogP contribution >= 0.6 is 0 Å². The molecule has 0 radical (unpaired) electrons. The summed E-state index contributed by atoms with van der Waals surface area (Å²) in [6, 6.07) is 1.61. The van der Waals surface area contributed by atoms with Crippen molar-refractivity contribution in [1.29, 1.82) is 0 Å². The van der Waals surface area contributed by atoms with Crippen molar-refractivity contribution in [3.8, 4) is 0 Å². The van der Waals surface area contributed by atoms with Crippen molar-refractivity contribution in [2.45, 2.75) is 52.6 Å². The highest BCUT2D eigenvalue weighted by Crippen LogP contribution is 2.04. The van der Waals surface area contributed by atoms with Crippen LogP contribution in [0.3, 0.4) is 0 Å². The van der Waals surface area contributed by atoms with Crippen molar-refractivity contribution in [2.75, 3.05) is 0 Å². The fourth-order valence-corrected chi connectivity index (χ4v) is 1.66. The first-order valence-corrected chi connectivity index (χ1v) is 5.70. The summed E-state index contributed by atoms with van der Waals surface area (Å²) in [5.41, 5.74) is 6.38. The van der Waals surface area contributed by atoms with Crippen LogP contribution in [0.2, 0.25) is 0 Å². The van der Waals surface area contributed by atoms with Gasteiger partial charge in [0.1, 0.15) is 5.82 Å². The lowest BCUT2D eigenvalue weighted by atomic mass is 10.1. The smallest absolute Gasteiger partial charge is 0.253 e. The Morgan fingerprint density at radius 2 is 2.12 bits per heavy atom. The van der Waals surface area contributed by atoms with E-state index in [0.717, 1.165) is 24.4 Å². The van der Waals surface area contributed by atoms with Crippen LogP contribution in [0.1, 0.15) is 38.7 Å². The van der Waals surface area contributed by atoms with E-state index in [2.05, 4.69) is 11.9 Å². The van der Waals surface area contributed by atoms with Crippen molar-refractivity contribution in [2.24, 2.45) is 5.73 Å². The predicted molar refractivity (Wildman–Crippen MR) is 65.5 cm³/mol. The number of aromatic nitrogens is 2. The fraction of sp³-hybridized carbons (Fsp3) is 0.667. The largest absolute Gasteiger partial charge is 0.324 e. The van der Waals surface area contributed by atoms with Crippen LogP contribution in [0, 0.1) is 6.92 Å². The first-order valence-electron chi connectivity index (χ1n) is 5.70. The summed E-state index contributed by atoms with van der Waals surface area (Å²) < 4.78 is 1.64. The molecule has 0 saturated heterocycles. The molecule has 0 aromatic carbocycles. The van der Waals surface area contributed by atoms with Gasteiger partial charge in [-0.1, -0.05) is 13.3 Å². The maximum atomic E-state index is 11.9. The number of nitrogens with two attached hydrogens (primary N) is 1. The molecule has 1 rings (SSSR count). The molecule has 0 aliphatic carbocycles. The van der Waals surface area contributed by atoms with Crippen LogP contribution in [0.15, 0.2) is 10.9 Å². The van der Waals surface area contributed by atoms with Gasteiger partial charge in [0.25, 0.3) is 5.56 Å². The van der Waals surface area contributed by atoms with Crippen LogP contribution in [0.4, 0.5) is 0 Å². The van der Waals surface area contributed by atoms with E-state index in [-0.39, 0.29) is 5.56 Å². The minimum atomic E-state index is -0.400. The minimum Gasteiger partial charge on any atom is -0.324 e. The Balaban J connectivity index is 3.08. The van der Waals surface area contributed by atoms with Crippen molar-refractivity contribution >= 4 is 0 Å². The highest BCUT2D eigenvalue weighted by molar-refractivity contribution is 5.04. The molecule has 0 fully saturated rings. The van der Waals surface area contributed by atoms with Gasteiger partial charge in [0.15, 0.2) is 0 Å². The van der Waals surface area contributed by atoms with E-state index < -0.39 is 5.54 Å². The average Bonchev–Trinajstić information content (AvgIpc) is 2.10. The topological polar surface area (TPSA) is 60.9 Å². The molecule has 0 saturated carbocycles. The number of rotatable bonds is 4. The Bertz CT molecular complexity index is 415. The molecule has 0 unspecified atom stereocenters. The lowest BCUT2D eigenvalue weighted by molar-refractivity contribution is 0.415. The summed E-state index contributed by atoms with van der Waals surface area (Å²) in [6.45, 7) is 8.23. The molecule has 0 spiro atoms. The normalized spacial score (nSPS) is 11.8. The SMILES string of the molecule is CCCc1cc(=O)n(CC(C)(C)N)c(C)n1. The highest BCUT2D eigenvalue weighted by Gasteiger charge is 2.14. The van der Waals surface area contributed by atoms with E-state index in [4.69, 9.17) is 5.73 Å². The molecule has 1 aromatic rings. The summed E-state index contributed by atoms with van der Waals surface area (Å²) in [7, 11) is 0. The molecule has 2 N–H and O–H groups in total. The van der Waals surface area contributed by atoms with Gasteiger partial charge >= 0.3 is 0 Å². The van der Waals surface area contributed by atoms with Crippen LogP contribution < -0.4 is 11.3 Å². The first kappa shape index (κ1) is 12.9. The molecule has 0 atom stereocenters. The zero-order valence-electron chi connectivity index (χ0n) is 10.6. The van der Waals surface area contributed by atoms with Gasteiger partial charge in [0, 0.05) is 23.8 Å². The molecule has 4 heteroatoms. The third kappa shape index (κ3) is 3.45. The van der Waals surface area contributed by atoms with Crippen LogP contribution in [-0.4, -0.2) is 15.1 Å². The maximum absolute atomic E-state index is 11.9. The molecule has 0 bridgehead atoms. The molecular weight excluding hydrogens is 202 g/mol. The second-order valence-electron chi connectivity index (χ2n) is 4.96. The third-order valence-corrected chi connectivity index (χ3v) is 2.32. The second kappa shape index (κ2) is 4.78. The zero-order valence-corrected chi connectivity index (χ0v) is 10.6. The Morgan fingerprint density at radius 1 is 1.50 bits per heavy atom. The number of nitrogens with zero attached hydrogens (tertiary/aromatic N) is 2. The van der Waals surface area contributed by atoms with E-state index in [1.165, 1.54) is 0 Å². The van der Waals surface area contributed by atoms with Gasteiger partial charge in [0.05, 0.1) is 0 Å². The van der Waals surface area contributed by atoms with Crippen molar-refractivity contribution < 1.29 is 0 Å². The van der Waals surface area contributed by atoms with Gasteiger partial charge in [-0.15, -0.1) is 0 Å². The van der Waals surface area contributed by atoms with E-state index in [1.807, 2.05) is 20.8 Å². The lowest BCUT2D eigenvalue weighted by Crippen LogP contribution is -2.41. The summed E-state index contributed by atoms with van der Waals surface area (Å²) in [5.74, 6) is 0.745.